The van der Waals surface area contributed by atoms with Crippen molar-refractivity contribution in [2.24, 2.45) is 0 Å². The van der Waals surface area contributed by atoms with Crippen LogP contribution in [0.3, 0.4) is 0 Å². The quantitative estimate of drug-likeness (QED) is 0.781. The number of allylic oxidation sites excluding steroid dienone is 1. The second kappa shape index (κ2) is 8.43. The van der Waals surface area contributed by atoms with Gasteiger partial charge in [-0.25, -0.2) is 4.58 Å². The summed E-state index contributed by atoms with van der Waals surface area (Å²) in [7, 11) is 10.5. The molecule has 1 fully saturated rings. The van der Waals surface area contributed by atoms with Gasteiger partial charge in [-0.1, -0.05) is 29.8 Å². The first-order valence-corrected chi connectivity index (χ1v) is 9.79. The Bertz CT molecular complexity index is 824. The van der Waals surface area contributed by atoms with E-state index in [9.17, 15) is 0 Å². The average Bonchev–Trinajstić information content (AvgIpc) is 2.69. The molecule has 0 radical (unpaired) electrons. The van der Waals surface area contributed by atoms with Crippen molar-refractivity contribution in [3.8, 4) is 0 Å². The number of anilines is 2. The molecule has 3 nitrogen and oxygen atoms in total. The molecule has 0 aromatic heterocycles. The molecule has 0 heterocycles. The molecule has 0 unspecified atom stereocenters. The molecule has 0 aliphatic heterocycles. The molecule has 27 heavy (non-hydrogen) atoms. The van der Waals surface area contributed by atoms with E-state index >= 15 is 0 Å². The largest absolute Gasteiger partial charge is 0.388 e. The molecule has 1 N–H and O–H groups in total. The van der Waals surface area contributed by atoms with Gasteiger partial charge in [0, 0.05) is 45.4 Å². The molecule has 0 spiro atoms. The third-order valence-corrected chi connectivity index (χ3v) is 5.55. The van der Waals surface area contributed by atoms with Gasteiger partial charge in [0.1, 0.15) is 14.1 Å². The van der Waals surface area contributed by atoms with Gasteiger partial charge >= 0.3 is 0 Å². The van der Waals surface area contributed by atoms with E-state index in [1.807, 2.05) is 7.05 Å². The van der Waals surface area contributed by atoms with Gasteiger partial charge in [0.25, 0.3) is 0 Å². The van der Waals surface area contributed by atoms with E-state index in [1.54, 1.807) is 11.3 Å². The lowest BCUT2D eigenvalue weighted by atomic mass is 9.84. The van der Waals surface area contributed by atoms with Crippen LogP contribution < -0.4 is 10.2 Å². The van der Waals surface area contributed by atoms with E-state index in [2.05, 4.69) is 91.5 Å². The van der Waals surface area contributed by atoms with Crippen LogP contribution in [-0.2, 0) is 0 Å². The third kappa shape index (κ3) is 4.41. The zero-order valence-corrected chi connectivity index (χ0v) is 17.3. The zero-order valence-electron chi connectivity index (χ0n) is 17.3. The molecular weight excluding hydrogens is 330 g/mol. The maximum atomic E-state index is 3.22. The summed E-state index contributed by atoms with van der Waals surface area (Å²) in [5, 5.41) is 3.22. The van der Waals surface area contributed by atoms with Crippen molar-refractivity contribution in [3.63, 3.8) is 0 Å². The predicted molar refractivity (Wildman–Crippen MR) is 118 cm³/mol. The Morgan fingerprint density at radius 2 is 1.33 bits per heavy atom. The summed E-state index contributed by atoms with van der Waals surface area (Å²) in [6.45, 7) is 0. The van der Waals surface area contributed by atoms with Crippen molar-refractivity contribution >= 4 is 22.7 Å². The van der Waals surface area contributed by atoms with E-state index in [-0.39, 0.29) is 0 Å². The highest BCUT2D eigenvalue weighted by molar-refractivity contribution is 5.87. The molecular formula is C24H32N3+. The van der Waals surface area contributed by atoms with Crippen molar-refractivity contribution in [1.82, 2.24) is 0 Å². The summed E-state index contributed by atoms with van der Waals surface area (Å²) in [6.07, 6.45) is 4.62. The number of nitrogens with one attached hydrogen (secondary N) is 1. The van der Waals surface area contributed by atoms with E-state index in [1.165, 1.54) is 22.4 Å². The molecule has 142 valence electrons. The molecule has 3 rings (SSSR count). The van der Waals surface area contributed by atoms with Gasteiger partial charge < -0.3 is 10.2 Å². The summed E-state index contributed by atoms with van der Waals surface area (Å²) in [4.78, 5) is 2.15. The van der Waals surface area contributed by atoms with Crippen molar-refractivity contribution < 1.29 is 4.58 Å². The van der Waals surface area contributed by atoms with Crippen LogP contribution in [0.2, 0.25) is 0 Å². The fourth-order valence-corrected chi connectivity index (χ4v) is 3.84. The second-order valence-corrected chi connectivity index (χ2v) is 7.71. The number of hydrogen-bond donors (Lipinski definition) is 1. The van der Waals surface area contributed by atoms with Crippen molar-refractivity contribution in [1.29, 1.82) is 0 Å². The fourth-order valence-electron chi connectivity index (χ4n) is 3.84. The van der Waals surface area contributed by atoms with Crippen LogP contribution in [0.15, 0.2) is 54.1 Å². The van der Waals surface area contributed by atoms with Crippen molar-refractivity contribution in [2.75, 3.05) is 45.5 Å². The van der Waals surface area contributed by atoms with E-state index in [4.69, 9.17) is 0 Å². The van der Waals surface area contributed by atoms with Crippen molar-refractivity contribution in [2.45, 2.75) is 25.7 Å². The first-order chi connectivity index (χ1) is 13.0. The molecule has 3 heteroatoms. The second-order valence-electron chi connectivity index (χ2n) is 7.71. The highest BCUT2D eigenvalue weighted by Gasteiger charge is 2.21. The van der Waals surface area contributed by atoms with Crippen LogP contribution in [-0.4, -0.2) is 45.5 Å². The Labute approximate surface area is 164 Å². The Balaban J connectivity index is 2.03. The van der Waals surface area contributed by atoms with E-state index in [0.717, 1.165) is 31.4 Å². The number of hydrogen-bond acceptors (Lipinski definition) is 2. The van der Waals surface area contributed by atoms with Crippen LogP contribution in [0, 0.1) is 0 Å². The molecule has 2 aromatic carbocycles. The van der Waals surface area contributed by atoms with E-state index in [0.29, 0.717) is 0 Å². The highest BCUT2D eigenvalue weighted by Crippen LogP contribution is 2.35. The van der Waals surface area contributed by atoms with Gasteiger partial charge in [0.05, 0.1) is 0 Å². The minimum absolute atomic E-state index is 1.14. The summed E-state index contributed by atoms with van der Waals surface area (Å²) >= 11 is 0. The van der Waals surface area contributed by atoms with Gasteiger partial charge in [0.15, 0.2) is 5.71 Å². The summed E-state index contributed by atoms with van der Waals surface area (Å²) in [5.41, 5.74) is 9.58. The molecule has 1 aliphatic carbocycles. The smallest absolute Gasteiger partial charge is 0.152 e. The molecule has 0 amide bonds. The summed E-state index contributed by atoms with van der Waals surface area (Å²) in [5.74, 6) is 0. The SMILES string of the molecule is CNc1ccc(C(=C2CCC(=[N+](C)C)CC2)c2ccc(N(C)C)cc2)cc1. The van der Waals surface area contributed by atoms with Gasteiger partial charge in [-0.2, -0.15) is 0 Å². The van der Waals surface area contributed by atoms with Crippen LogP contribution in [0.4, 0.5) is 11.4 Å². The molecule has 1 saturated carbocycles. The summed E-state index contributed by atoms with van der Waals surface area (Å²) < 4.78 is 2.30. The molecule has 0 atom stereocenters. The lowest BCUT2D eigenvalue weighted by molar-refractivity contribution is -0.467. The van der Waals surface area contributed by atoms with Crippen LogP contribution in [0.25, 0.3) is 5.57 Å². The maximum absolute atomic E-state index is 3.22. The topological polar surface area (TPSA) is 18.3 Å². The Hall–Kier alpha value is -2.55. The average molecular weight is 363 g/mol. The minimum atomic E-state index is 1.14. The first-order valence-electron chi connectivity index (χ1n) is 9.79. The molecule has 1 aliphatic rings. The standard InChI is InChI=1S/C24H32N3/c1-25-21-12-6-18(7-13-21)24(19-8-14-22(15-9-19)26(2)3)20-10-16-23(17-11-20)27(4)5/h6-9,12-15,25H,10-11,16-17H2,1-5H3/q+1. The Morgan fingerprint density at radius 3 is 1.78 bits per heavy atom. The van der Waals surface area contributed by atoms with Gasteiger partial charge in [-0.05, 0) is 53.8 Å². The summed E-state index contributed by atoms with van der Waals surface area (Å²) in [6, 6.07) is 17.8. The Morgan fingerprint density at radius 1 is 0.815 bits per heavy atom. The van der Waals surface area contributed by atoms with Crippen LogP contribution >= 0.6 is 0 Å². The third-order valence-electron chi connectivity index (χ3n) is 5.55. The van der Waals surface area contributed by atoms with Crippen molar-refractivity contribution in [3.05, 3.63) is 65.2 Å². The lowest BCUT2D eigenvalue weighted by Crippen LogP contribution is -2.18. The highest BCUT2D eigenvalue weighted by atomic mass is 15.1. The minimum Gasteiger partial charge on any atom is -0.388 e. The molecule has 0 bridgehead atoms. The maximum Gasteiger partial charge on any atom is 0.152 e. The lowest BCUT2D eigenvalue weighted by Gasteiger charge is -2.21. The first kappa shape index (κ1) is 19.2. The van der Waals surface area contributed by atoms with Crippen LogP contribution in [0.1, 0.15) is 36.8 Å². The normalized spacial score (nSPS) is 14.1. The number of rotatable bonds is 4. The Kier molecular flexibility index (Phi) is 6.00. The zero-order chi connectivity index (χ0) is 19.4. The molecule has 0 saturated heterocycles. The fraction of sp³-hybridized carbons (Fsp3) is 0.375. The van der Waals surface area contributed by atoms with Gasteiger partial charge in [-0.15, -0.1) is 0 Å². The molecule has 2 aromatic rings. The number of nitrogens with zero attached hydrogens (tertiary/aromatic N) is 2. The van der Waals surface area contributed by atoms with Gasteiger partial charge in [-0.3, -0.25) is 0 Å². The van der Waals surface area contributed by atoms with Gasteiger partial charge in [0.2, 0.25) is 0 Å². The predicted octanol–water partition coefficient (Wildman–Crippen LogP) is 4.88. The monoisotopic (exact) mass is 362 g/mol. The van der Waals surface area contributed by atoms with E-state index < -0.39 is 0 Å². The number of benzene rings is 2. The van der Waals surface area contributed by atoms with Crippen LogP contribution in [0.5, 0.6) is 0 Å².